The monoisotopic (exact) mass is 233 g/mol. The Bertz CT molecular complexity index is 537. The molecule has 0 bridgehead atoms. The minimum Gasteiger partial charge on any atom is -0.370 e. The van der Waals surface area contributed by atoms with E-state index in [1.807, 2.05) is 24.3 Å². The fourth-order valence-electron chi connectivity index (χ4n) is 1.89. The maximum absolute atomic E-state index is 11.1. The Morgan fingerprint density at radius 3 is 3.12 bits per heavy atom. The summed E-state index contributed by atoms with van der Waals surface area (Å²) in [5.41, 5.74) is 1.01. The third-order valence-corrected chi connectivity index (χ3v) is 3.50. The second kappa shape index (κ2) is 3.75. The normalized spacial score (nSPS) is 20.0. The highest BCUT2D eigenvalue weighted by molar-refractivity contribution is 7.11. The molecular weight excluding hydrogens is 222 g/mol. The molecule has 4 nitrogen and oxygen atoms in total. The minimum atomic E-state index is 0.117. The number of hydrogen-bond donors (Lipinski definition) is 2. The van der Waals surface area contributed by atoms with Gasteiger partial charge >= 0.3 is 0 Å². The smallest absolute Gasteiger partial charge is 0.222 e. The van der Waals surface area contributed by atoms with Gasteiger partial charge in [0.2, 0.25) is 5.91 Å². The molecule has 1 fully saturated rings. The van der Waals surface area contributed by atoms with Crippen molar-refractivity contribution in [3.05, 3.63) is 24.3 Å². The molecule has 1 amide bonds. The van der Waals surface area contributed by atoms with Crippen LogP contribution in [0.3, 0.4) is 0 Å². The molecule has 1 aromatic carbocycles. The Labute approximate surface area is 96.8 Å². The molecule has 1 unspecified atom stereocenters. The largest absolute Gasteiger partial charge is 0.370 e. The maximum Gasteiger partial charge on any atom is 0.222 e. The van der Waals surface area contributed by atoms with E-state index in [2.05, 4.69) is 15.0 Å². The van der Waals surface area contributed by atoms with Gasteiger partial charge in [0.15, 0.2) is 0 Å². The van der Waals surface area contributed by atoms with E-state index in [4.69, 9.17) is 0 Å². The summed E-state index contributed by atoms with van der Waals surface area (Å²) < 4.78 is 4.35. The number of carbonyl (C=O) groups is 1. The van der Waals surface area contributed by atoms with E-state index >= 15 is 0 Å². The van der Waals surface area contributed by atoms with Crippen molar-refractivity contribution in [3.63, 3.8) is 0 Å². The van der Waals surface area contributed by atoms with Crippen molar-refractivity contribution in [1.29, 1.82) is 0 Å². The maximum atomic E-state index is 11.1. The average molecular weight is 233 g/mol. The molecule has 5 heteroatoms. The van der Waals surface area contributed by atoms with Gasteiger partial charge in [0.25, 0.3) is 0 Å². The quantitative estimate of drug-likeness (QED) is 0.828. The van der Waals surface area contributed by atoms with Crippen LogP contribution in [0, 0.1) is 0 Å². The number of anilines is 1. The summed E-state index contributed by atoms with van der Waals surface area (Å²) in [5, 5.41) is 8.36. The van der Waals surface area contributed by atoms with Gasteiger partial charge in [-0.05, 0) is 23.7 Å². The molecule has 1 atom stereocenters. The molecule has 0 saturated carbocycles. The number of nitrogens with zero attached hydrogens (tertiary/aromatic N) is 1. The summed E-state index contributed by atoms with van der Waals surface area (Å²) in [5.74, 6) is 0.117. The van der Waals surface area contributed by atoms with E-state index < -0.39 is 0 Å². The van der Waals surface area contributed by atoms with Gasteiger partial charge in [-0.15, -0.1) is 0 Å². The van der Waals surface area contributed by atoms with Crippen LogP contribution in [-0.2, 0) is 4.79 Å². The molecule has 1 aliphatic heterocycles. The van der Waals surface area contributed by atoms with Crippen molar-refractivity contribution in [1.82, 2.24) is 9.69 Å². The lowest BCUT2D eigenvalue weighted by atomic mass is 10.2. The van der Waals surface area contributed by atoms with Crippen molar-refractivity contribution in [2.24, 2.45) is 0 Å². The van der Waals surface area contributed by atoms with Gasteiger partial charge in [0.05, 0.1) is 11.6 Å². The predicted octanol–water partition coefficient (Wildman–Crippen LogP) is 1.60. The first kappa shape index (κ1) is 9.59. The highest BCUT2D eigenvalue weighted by atomic mass is 32.1. The van der Waals surface area contributed by atoms with Gasteiger partial charge < -0.3 is 10.6 Å². The SMILES string of the molecule is O=C1CC(Nc2snc3ccccc23)CN1. The molecule has 1 aliphatic rings. The lowest BCUT2D eigenvalue weighted by Crippen LogP contribution is -2.21. The third kappa shape index (κ3) is 1.63. The fourth-order valence-corrected chi connectivity index (χ4v) is 2.73. The number of aromatic nitrogens is 1. The van der Waals surface area contributed by atoms with Gasteiger partial charge in [0.1, 0.15) is 5.00 Å². The molecule has 16 heavy (non-hydrogen) atoms. The lowest BCUT2D eigenvalue weighted by Gasteiger charge is -2.09. The van der Waals surface area contributed by atoms with E-state index in [0.717, 1.165) is 15.9 Å². The molecule has 82 valence electrons. The van der Waals surface area contributed by atoms with Gasteiger partial charge in [-0.3, -0.25) is 4.79 Å². The summed E-state index contributed by atoms with van der Waals surface area (Å²) in [6, 6.07) is 8.21. The van der Waals surface area contributed by atoms with Gasteiger partial charge in [-0.2, -0.15) is 4.37 Å². The van der Waals surface area contributed by atoms with E-state index in [1.165, 1.54) is 11.5 Å². The van der Waals surface area contributed by atoms with Crippen LogP contribution >= 0.6 is 11.5 Å². The highest BCUT2D eigenvalue weighted by Crippen LogP contribution is 2.28. The summed E-state index contributed by atoms with van der Waals surface area (Å²) in [6.07, 6.45) is 0.548. The second-order valence-electron chi connectivity index (χ2n) is 3.88. The standard InChI is InChI=1S/C11H11N3OS/c15-10-5-7(6-12-10)13-11-8-3-1-2-4-9(8)14-16-11/h1-4,7,13H,5-6H2,(H,12,15). The Morgan fingerprint density at radius 2 is 2.31 bits per heavy atom. The zero-order chi connectivity index (χ0) is 11.0. The van der Waals surface area contributed by atoms with Crippen molar-refractivity contribution >= 4 is 33.3 Å². The van der Waals surface area contributed by atoms with Gasteiger partial charge in [-0.1, -0.05) is 12.1 Å². The summed E-state index contributed by atoms with van der Waals surface area (Å²) in [4.78, 5) is 11.1. The molecule has 0 radical (unpaired) electrons. The molecule has 1 aromatic heterocycles. The Morgan fingerprint density at radius 1 is 1.44 bits per heavy atom. The number of carbonyl (C=O) groups excluding carboxylic acids is 1. The Balaban J connectivity index is 1.86. The van der Waals surface area contributed by atoms with Crippen molar-refractivity contribution in [3.8, 4) is 0 Å². The molecule has 0 spiro atoms. The summed E-state index contributed by atoms with van der Waals surface area (Å²) >= 11 is 1.45. The fraction of sp³-hybridized carbons (Fsp3) is 0.273. The van der Waals surface area contributed by atoms with Gasteiger partial charge in [-0.25, -0.2) is 0 Å². The molecule has 0 aliphatic carbocycles. The van der Waals surface area contributed by atoms with Crippen LogP contribution in [0.25, 0.3) is 10.9 Å². The highest BCUT2D eigenvalue weighted by Gasteiger charge is 2.22. The molecule has 2 aromatic rings. The van der Waals surface area contributed by atoms with Crippen LogP contribution in [0.4, 0.5) is 5.00 Å². The lowest BCUT2D eigenvalue weighted by molar-refractivity contribution is -0.119. The first-order chi connectivity index (χ1) is 7.83. The first-order valence-corrected chi connectivity index (χ1v) is 5.98. The van der Waals surface area contributed by atoms with E-state index in [1.54, 1.807) is 0 Å². The minimum absolute atomic E-state index is 0.117. The van der Waals surface area contributed by atoms with Crippen LogP contribution in [0.15, 0.2) is 24.3 Å². The van der Waals surface area contributed by atoms with Crippen molar-refractivity contribution in [2.75, 3.05) is 11.9 Å². The predicted molar refractivity (Wildman–Crippen MR) is 64.7 cm³/mol. The van der Waals surface area contributed by atoms with E-state index in [9.17, 15) is 4.79 Å². The average Bonchev–Trinajstić information content (AvgIpc) is 2.87. The molecule has 1 saturated heterocycles. The molecule has 2 N–H and O–H groups in total. The molecule has 3 rings (SSSR count). The Hall–Kier alpha value is -1.62. The van der Waals surface area contributed by atoms with Crippen LogP contribution in [-0.4, -0.2) is 22.9 Å². The number of benzene rings is 1. The van der Waals surface area contributed by atoms with E-state index in [0.29, 0.717) is 13.0 Å². The number of nitrogens with one attached hydrogen (secondary N) is 2. The number of hydrogen-bond acceptors (Lipinski definition) is 4. The molecular formula is C11H11N3OS. The van der Waals surface area contributed by atoms with Crippen molar-refractivity contribution < 1.29 is 4.79 Å². The summed E-state index contributed by atoms with van der Waals surface area (Å²) in [6.45, 7) is 0.699. The number of rotatable bonds is 2. The van der Waals surface area contributed by atoms with Gasteiger partial charge in [0, 0.05) is 18.4 Å². The first-order valence-electron chi connectivity index (χ1n) is 5.20. The van der Waals surface area contributed by atoms with Crippen LogP contribution in [0.2, 0.25) is 0 Å². The topological polar surface area (TPSA) is 54.0 Å². The number of amides is 1. The molecule has 2 heterocycles. The summed E-state index contributed by atoms with van der Waals surface area (Å²) in [7, 11) is 0. The van der Waals surface area contributed by atoms with Crippen LogP contribution in [0.1, 0.15) is 6.42 Å². The third-order valence-electron chi connectivity index (χ3n) is 2.70. The van der Waals surface area contributed by atoms with E-state index in [-0.39, 0.29) is 11.9 Å². The van der Waals surface area contributed by atoms with Crippen molar-refractivity contribution in [2.45, 2.75) is 12.5 Å². The second-order valence-corrected chi connectivity index (χ2v) is 4.65. The zero-order valence-corrected chi connectivity index (χ0v) is 9.38. The number of fused-ring (bicyclic) bond motifs is 1. The zero-order valence-electron chi connectivity index (χ0n) is 8.56. The van der Waals surface area contributed by atoms with Crippen LogP contribution < -0.4 is 10.6 Å². The van der Waals surface area contributed by atoms with Crippen LogP contribution in [0.5, 0.6) is 0 Å². The Kier molecular flexibility index (Phi) is 2.25.